The van der Waals surface area contributed by atoms with Crippen molar-refractivity contribution < 1.29 is 10.0 Å². The van der Waals surface area contributed by atoms with E-state index >= 15 is 0 Å². The average Bonchev–Trinajstić information content (AvgIpc) is 1.92. The predicted octanol–water partition coefficient (Wildman–Crippen LogP) is -0.637. The molecule has 10 heavy (non-hydrogen) atoms. The van der Waals surface area contributed by atoms with Crippen LogP contribution in [-0.4, -0.2) is 28.7 Å². The van der Waals surface area contributed by atoms with Gasteiger partial charge in [0, 0.05) is 11.3 Å². The molecule has 0 rings (SSSR count). The number of nitrogens with zero attached hydrogens (tertiary/aromatic N) is 1. The van der Waals surface area contributed by atoms with E-state index in [4.69, 9.17) is 10.8 Å². The second-order valence-corrected chi connectivity index (χ2v) is 2.20. The van der Waals surface area contributed by atoms with Gasteiger partial charge in [-0.05, 0) is 0 Å². The molecule has 0 aromatic carbocycles. The molecule has 0 spiro atoms. The summed E-state index contributed by atoms with van der Waals surface area (Å²) in [6, 6.07) is 0. The lowest BCUT2D eigenvalue weighted by atomic mass is 9.99. The first-order chi connectivity index (χ1) is 4.63. The zero-order chi connectivity index (χ0) is 8.20. The molecule has 0 saturated heterocycles. The fraction of sp³-hybridized carbons (Fsp3) is 1.00. The van der Waals surface area contributed by atoms with E-state index in [9.17, 15) is 10.1 Å². The molecule has 0 aliphatic carbocycles. The van der Waals surface area contributed by atoms with E-state index in [1.54, 1.807) is 6.92 Å². The van der Waals surface area contributed by atoms with Crippen LogP contribution in [0.2, 0.25) is 0 Å². The summed E-state index contributed by atoms with van der Waals surface area (Å²) in [4.78, 5) is 9.76. The van der Waals surface area contributed by atoms with Crippen LogP contribution in [0.5, 0.6) is 0 Å². The maximum absolute atomic E-state index is 10.3. The lowest BCUT2D eigenvalue weighted by Gasteiger charge is -2.18. The van der Waals surface area contributed by atoms with E-state index in [0.29, 0.717) is 0 Å². The van der Waals surface area contributed by atoms with Gasteiger partial charge < -0.3 is 10.8 Å². The van der Waals surface area contributed by atoms with Gasteiger partial charge in [0.15, 0.2) is 0 Å². The van der Waals surface area contributed by atoms with E-state index < -0.39 is 17.1 Å². The summed E-state index contributed by atoms with van der Waals surface area (Å²) < 4.78 is 0. The first kappa shape index (κ1) is 9.32. The molecule has 0 radical (unpaired) electrons. The Morgan fingerprint density at radius 1 is 1.80 bits per heavy atom. The van der Waals surface area contributed by atoms with Crippen LogP contribution in [0.15, 0.2) is 0 Å². The SMILES string of the molecule is CCC(CN)(CO)[N+](=O)[O-]. The molecule has 1 unspecified atom stereocenters. The first-order valence-corrected chi connectivity index (χ1v) is 3.08. The summed E-state index contributed by atoms with van der Waals surface area (Å²) in [5.74, 6) is 0. The van der Waals surface area contributed by atoms with Crippen molar-refractivity contribution in [2.45, 2.75) is 18.9 Å². The van der Waals surface area contributed by atoms with E-state index in [1.807, 2.05) is 0 Å². The predicted molar refractivity (Wildman–Crippen MR) is 36.2 cm³/mol. The third-order valence-corrected chi connectivity index (χ3v) is 1.72. The minimum absolute atomic E-state index is 0.118. The van der Waals surface area contributed by atoms with E-state index in [1.165, 1.54) is 0 Å². The quantitative estimate of drug-likeness (QED) is 0.410. The fourth-order valence-corrected chi connectivity index (χ4v) is 0.582. The van der Waals surface area contributed by atoms with Crippen LogP contribution in [0.25, 0.3) is 0 Å². The van der Waals surface area contributed by atoms with Gasteiger partial charge in [0.05, 0.1) is 6.54 Å². The molecule has 0 saturated carbocycles. The number of nitrogens with two attached hydrogens (primary N) is 1. The largest absolute Gasteiger partial charge is 0.389 e. The van der Waals surface area contributed by atoms with E-state index in [-0.39, 0.29) is 13.0 Å². The first-order valence-electron chi connectivity index (χ1n) is 3.08. The van der Waals surface area contributed by atoms with Crippen molar-refractivity contribution in [2.24, 2.45) is 5.73 Å². The summed E-state index contributed by atoms with van der Waals surface area (Å²) in [6.07, 6.45) is 0.257. The van der Waals surface area contributed by atoms with Crippen LogP contribution in [0.3, 0.4) is 0 Å². The Morgan fingerprint density at radius 2 is 2.30 bits per heavy atom. The fourth-order valence-electron chi connectivity index (χ4n) is 0.582. The van der Waals surface area contributed by atoms with Gasteiger partial charge in [0.1, 0.15) is 6.61 Å². The number of aliphatic hydroxyl groups is 1. The highest BCUT2D eigenvalue weighted by atomic mass is 16.6. The Balaban J connectivity index is 4.31. The van der Waals surface area contributed by atoms with Crippen molar-refractivity contribution >= 4 is 0 Å². The summed E-state index contributed by atoms with van der Waals surface area (Å²) in [5, 5.41) is 18.9. The maximum Gasteiger partial charge on any atom is 0.256 e. The highest BCUT2D eigenvalue weighted by Gasteiger charge is 2.38. The van der Waals surface area contributed by atoms with Gasteiger partial charge in [-0.3, -0.25) is 10.1 Å². The van der Waals surface area contributed by atoms with Crippen molar-refractivity contribution in [1.82, 2.24) is 0 Å². The van der Waals surface area contributed by atoms with E-state index in [0.717, 1.165) is 0 Å². The van der Waals surface area contributed by atoms with Crippen LogP contribution >= 0.6 is 0 Å². The molecule has 0 amide bonds. The number of hydrogen-bond donors (Lipinski definition) is 2. The normalized spacial score (nSPS) is 16.3. The van der Waals surface area contributed by atoms with Crippen molar-refractivity contribution in [3.8, 4) is 0 Å². The number of nitro groups is 1. The van der Waals surface area contributed by atoms with Crippen molar-refractivity contribution in [3.63, 3.8) is 0 Å². The minimum Gasteiger partial charge on any atom is -0.389 e. The molecule has 1 atom stereocenters. The molecule has 0 fully saturated rings. The third kappa shape index (κ3) is 1.43. The molecule has 0 aliphatic rings. The lowest BCUT2D eigenvalue weighted by molar-refractivity contribution is -0.571. The number of rotatable bonds is 4. The van der Waals surface area contributed by atoms with Crippen LogP contribution in [0.1, 0.15) is 13.3 Å². The molecular formula is C5H12N2O3. The number of aliphatic hydroxyl groups excluding tert-OH is 1. The van der Waals surface area contributed by atoms with Crippen LogP contribution < -0.4 is 5.73 Å². The molecule has 5 nitrogen and oxygen atoms in total. The van der Waals surface area contributed by atoms with E-state index in [2.05, 4.69) is 0 Å². The molecular weight excluding hydrogens is 136 g/mol. The summed E-state index contributed by atoms with van der Waals surface area (Å²) in [6.45, 7) is 1.02. The zero-order valence-electron chi connectivity index (χ0n) is 5.91. The van der Waals surface area contributed by atoms with Crippen molar-refractivity contribution in [3.05, 3.63) is 10.1 Å². The Labute approximate surface area is 59.0 Å². The molecule has 5 heteroatoms. The second kappa shape index (κ2) is 3.48. The second-order valence-electron chi connectivity index (χ2n) is 2.20. The lowest BCUT2D eigenvalue weighted by Crippen LogP contribution is -2.48. The standard InChI is InChI=1S/C5H12N2O3/c1-2-5(3-6,4-8)7(9)10/h8H,2-4,6H2,1H3. The highest BCUT2D eigenvalue weighted by Crippen LogP contribution is 2.11. The highest BCUT2D eigenvalue weighted by molar-refractivity contribution is 4.77. The molecule has 0 aromatic heterocycles. The van der Waals surface area contributed by atoms with Gasteiger partial charge in [0.2, 0.25) is 0 Å². The van der Waals surface area contributed by atoms with Crippen LogP contribution in [0, 0.1) is 10.1 Å². The smallest absolute Gasteiger partial charge is 0.256 e. The summed E-state index contributed by atoms with van der Waals surface area (Å²) >= 11 is 0. The average molecular weight is 148 g/mol. The van der Waals surface area contributed by atoms with Gasteiger partial charge in [-0.25, -0.2) is 0 Å². The Bertz CT molecular complexity index is 114. The molecule has 0 aliphatic heterocycles. The molecule has 0 heterocycles. The monoisotopic (exact) mass is 148 g/mol. The van der Waals surface area contributed by atoms with Gasteiger partial charge >= 0.3 is 0 Å². The molecule has 0 bridgehead atoms. The van der Waals surface area contributed by atoms with Crippen molar-refractivity contribution in [1.29, 1.82) is 0 Å². The Kier molecular flexibility index (Phi) is 3.24. The van der Waals surface area contributed by atoms with Gasteiger partial charge in [0.25, 0.3) is 5.54 Å². The summed E-state index contributed by atoms with van der Waals surface area (Å²) in [7, 11) is 0. The van der Waals surface area contributed by atoms with Crippen molar-refractivity contribution in [2.75, 3.05) is 13.2 Å². The number of hydrogen-bond acceptors (Lipinski definition) is 4. The topological polar surface area (TPSA) is 89.4 Å². The molecule has 3 N–H and O–H groups in total. The Hall–Kier alpha value is -0.680. The zero-order valence-corrected chi connectivity index (χ0v) is 5.91. The third-order valence-electron chi connectivity index (χ3n) is 1.72. The van der Waals surface area contributed by atoms with Crippen LogP contribution in [-0.2, 0) is 0 Å². The maximum atomic E-state index is 10.3. The minimum atomic E-state index is -1.32. The Morgan fingerprint density at radius 3 is 2.30 bits per heavy atom. The van der Waals surface area contributed by atoms with Gasteiger partial charge in [-0.1, -0.05) is 6.92 Å². The van der Waals surface area contributed by atoms with Gasteiger partial charge in [-0.15, -0.1) is 0 Å². The molecule has 60 valence electrons. The van der Waals surface area contributed by atoms with Gasteiger partial charge in [-0.2, -0.15) is 0 Å². The molecule has 0 aromatic rings. The van der Waals surface area contributed by atoms with Crippen LogP contribution in [0.4, 0.5) is 0 Å². The summed E-state index contributed by atoms with van der Waals surface area (Å²) in [5.41, 5.74) is 3.81.